The van der Waals surface area contributed by atoms with E-state index in [-0.39, 0.29) is 8.03 Å². The zero-order valence-electron chi connectivity index (χ0n) is 10.6. The Labute approximate surface area is 119 Å². The summed E-state index contributed by atoms with van der Waals surface area (Å²) in [6.45, 7) is -0.0251. The first-order valence-electron chi connectivity index (χ1n) is 6.04. The number of amides is 1. The third kappa shape index (κ3) is 2.71. The fraction of sp³-hybridized carbons (Fsp3) is 0.0714. The number of cyclic esters (lactones) is 1. The molecule has 0 unspecified atom stereocenters. The van der Waals surface area contributed by atoms with E-state index in [1.807, 2.05) is 0 Å². The van der Waals surface area contributed by atoms with Crippen LogP contribution in [0.15, 0.2) is 41.6 Å². The number of rotatable bonds is 2. The quantitative estimate of drug-likeness (QED) is 0.865. The molecular weight excluding hydrogens is 280 g/mol. The van der Waals surface area contributed by atoms with Gasteiger partial charge in [-0.2, -0.15) is 9.49 Å². The molecule has 0 atom stereocenters. The predicted molar refractivity (Wildman–Crippen MR) is 72.7 cm³/mol. The summed E-state index contributed by atoms with van der Waals surface area (Å²) in [5, 5.41) is 3.80. The molecule has 1 aromatic carbocycles. The normalized spacial score (nSPS) is 14.2. The first kappa shape index (κ1) is 13.2. The minimum atomic E-state index is -0.645. The van der Waals surface area contributed by atoms with Gasteiger partial charge in [0.1, 0.15) is 18.1 Å². The van der Waals surface area contributed by atoms with Gasteiger partial charge in [-0.25, -0.2) is 19.6 Å². The Balaban J connectivity index is 0.00000176. The van der Waals surface area contributed by atoms with E-state index in [2.05, 4.69) is 15.5 Å². The molecule has 1 aromatic heterocycles. The van der Waals surface area contributed by atoms with Crippen molar-refractivity contribution in [2.24, 2.45) is 5.10 Å². The highest BCUT2D eigenvalue weighted by Crippen LogP contribution is 2.23. The van der Waals surface area contributed by atoms with Gasteiger partial charge in [0.15, 0.2) is 0 Å². The lowest BCUT2D eigenvalue weighted by atomic mass is 10.0. The Morgan fingerprint density at radius 1 is 1.19 bits per heavy atom. The number of ether oxygens (including phenoxy) is 1. The minimum absolute atomic E-state index is 0. The van der Waals surface area contributed by atoms with Crippen LogP contribution in [0.2, 0.25) is 0 Å². The summed E-state index contributed by atoms with van der Waals surface area (Å²) in [7, 11) is 0. The standard InChI is InChI=1S/C14H9F2N3O2.H2/c15-11-5-8(12-7-21-14(20)19-18-12)1-3-10(11)9-2-4-13(16)17-6-9;/h1-6H,7H2,(H,19,20);1H. The first-order chi connectivity index (χ1) is 10.1. The maximum absolute atomic E-state index is 14.2. The summed E-state index contributed by atoms with van der Waals surface area (Å²) < 4.78 is 31.7. The van der Waals surface area contributed by atoms with E-state index in [0.717, 1.165) is 6.07 Å². The van der Waals surface area contributed by atoms with E-state index in [0.29, 0.717) is 22.4 Å². The zero-order valence-corrected chi connectivity index (χ0v) is 10.6. The Kier molecular flexibility index (Phi) is 3.31. The SMILES string of the molecule is O=C1NN=C(c2ccc(-c3ccc(F)nc3)c(F)c2)CO1.[HH]. The van der Waals surface area contributed by atoms with E-state index in [4.69, 9.17) is 4.74 Å². The van der Waals surface area contributed by atoms with Gasteiger partial charge in [0.05, 0.1) is 0 Å². The molecule has 2 heterocycles. The first-order valence-corrected chi connectivity index (χ1v) is 6.04. The molecule has 1 amide bonds. The lowest BCUT2D eigenvalue weighted by Gasteiger charge is -2.13. The third-order valence-corrected chi connectivity index (χ3v) is 2.96. The van der Waals surface area contributed by atoms with E-state index in [1.165, 1.54) is 18.3 Å². The van der Waals surface area contributed by atoms with E-state index >= 15 is 0 Å². The molecule has 7 heteroatoms. The van der Waals surface area contributed by atoms with Crippen molar-refractivity contribution in [3.05, 3.63) is 53.9 Å². The number of pyridine rings is 1. The highest BCUT2D eigenvalue weighted by molar-refractivity contribution is 6.03. The van der Waals surface area contributed by atoms with Crippen LogP contribution >= 0.6 is 0 Å². The molecule has 1 N–H and O–H groups in total. The molecule has 0 bridgehead atoms. The molecule has 0 saturated heterocycles. The molecule has 0 aliphatic carbocycles. The summed E-state index contributed by atoms with van der Waals surface area (Å²) in [6.07, 6.45) is 0.614. The average Bonchev–Trinajstić information content (AvgIpc) is 2.49. The number of nitrogens with zero attached hydrogens (tertiary/aromatic N) is 2. The Morgan fingerprint density at radius 2 is 2.00 bits per heavy atom. The molecule has 1 aliphatic rings. The maximum Gasteiger partial charge on any atom is 0.428 e. The fourth-order valence-corrected chi connectivity index (χ4v) is 1.92. The summed E-state index contributed by atoms with van der Waals surface area (Å²) >= 11 is 0. The monoisotopic (exact) mass is 291 g/mol. The Hall–Kier alpha value is -2.83. The predicted octanol–water partition coefficient (Wildman–Crippen LogP) is 2.72. The minimum Gasteiger partial charge on any atom is -0.442 e. The number of benzene rings is 1. The number of hydrogen-bond acceptors (Lipinski definition) is 4. The van der Waals surface area contributed by atoms with Crippen LogP contribution < -0.4 is 5.43 Å². The van der Waals surface area contributed by atoms with Gasteiger partial charge in [0, 0.05) is 24.3 Å². The van der Waals surface area contributed by atoms with Gasteiger partial charge < -0.3 is 4.74 Å². The molecule has 0 spiro atoms. The molecule has 2 aromatic rings. The number of carbonyl (C=O) groups is 1. The van der Waals surface area contributed by atoms with Crippen LogP contribution in [0.3, 0.4) is 0 Å². The molecule has 21 heavy (non-hydrogen) atoms. The summed E-state index contributed by atoms with van der Waals surface area (Å²) in [5.74, 6) is -1.12. The molecule has 108 valence electrons. The van der Waals surface area contributed by atoms with Crippen LogP contribution in [0.25, 0.3) is 11.1 Å². The number of carbonyl (C=O) groups excluding carboxylic acids is 1. The smallest absolute Gasteiger partial charge is 0.428 e. The van der Waals surface area contributed by atoms with Crippen molar-refractivity contribution in [3.8, 4) is 11.1 Å². The van der Waals surface area contributed by atoms with Crippen LogP contribution in [0.1, 0.15) is 6.99 Å². The largest absolute Gasteiger partial charge is 0.442 e. The van der Waals surface area contributed by atoms with Crippen molar-refractivity contribution in [1.29, 1.82) is 0 Å². The van der Waals surface area contributed by atoms with Crippen molar-refractivity contribution >= 4 is 11.8 Å². The average molecular weight is 291 g/mol. The second-order valence-electron chi connectivity index (χ2n) is 4.31. The van der Waals surface area contributed by atoms with Gasteiger partial charge in [-0.15, -0.1) is 0 Å². The van der Waals surface area contributed by atoms with Gasteiger partial charge in [0.25, 0.3) is 0 Å². The molecule has 0 saturated carbocycles. The van der Waals surface area contributed by atoms with Crippen molar-refractivity contribution in [3.63, 3.8) is 0 Å². The number of halogens is 2. The summed E-state index contributed by atoms with van der Waals surface area (Å²) in [4.78, 5) is 14.3. The van der Waals surface area contributed by atoms with Gasteiger partial charge in [-0.05, 0) is 18.2 Å². The molecule has 0 fully saturated rings. The van der Waals surface area contributed by atoms with E-state index in [9.17, 15) is 13.6 Å². The van der Waals surface area contributed by atoms with Crippen LogP contribution in [0.5, 0.6) is 0 Å². The van der Waals surface area contributed by atoms with Gasteiger partial charge >= 0.3 is 6.09 Å². The summed E-state index contributed by atoms with van der Waals surface area (Å²) in [5.41, 5.74) is 3.83. The molecule has 1 aliphatic heterocycles. The number of aromatic nitrogens is 1. The number of hydrogen-bond donors (Lipinski definition) is 1. The van der Waals surface area contributed by atoms with Gasteiger partial charge in [0.2, 0.25) is 5.95 Å². The molecule has 5 nitrogen and oxygen atoms in total. The van der Waals surface area contributed by atoms with E-state index < -0.39 is 17.9 Å². The summed E-state index contributed by atoms with van der Waals surface area (Å²) in [6, 6.07) is 7.07. The van der Waals surface area contributed by atoms with Crippen LogP contribution in [0.4, 0.5) is 13.6 Å². The number of nitrogens with one attached hydrogen (secondary N) is 1. The van der Waals surface area contributed by atoms with Gasteiger partial charge in [-0.1, -0.05) is 12.1 Å². The third-order valence-electron chi connectivity index (χ3n) is 2.96. The second kappa shape index (κ2) is 5.28. The lowest BCUT2D eigenvalue weighted by Crippen LogP contribution is -2.30. The van der Waals surface area contributed by atoms with E-state index in [1.54, 1.807) is 12.1 Å². The van der Waals surface area contributed by atoms with Gasteiger partial charge in [-0.3, -0.25) is 0 Å². The maximum atomic E-state index is 14.2. The fourth-order valence-electron chi connectivity index (χ4n) is 1.92. The Bertz CT molecular complexity index is 735. The van der Waals surface area contributed by atoms with Crippen LogP contribution in [0, 0.1) is 11.8 Å². The highest BCUT2D eigenvalue weighted by Gasteiger charge is 2.16. The zero-order chi connectivity index (χ0) is 14.8. The topological polar surface area (TPSA) is 63.6 Å². The highest BCUT2D eigenvalue weighted by atomic mass is 19.1. The van der Waals surface area contributed by atoms with Crippen LogP contribution in [-0.4, -0.2) is 23.4 Å². The van der Waals surface area contributed by atoms with Crippen molar-refractivity contribution in [2.75, 3.05) is 6.61 Å². The second-order valence-corrected chi connectivity index (χ2v) is 4.31. The number of hydrazone groups is 1. The van der Waals surface area contributed by atoms with Crippen molar-refractivity contribution < 1.29 is 19.7 Å². The molecule has 0 radical (unpaired) electrons. The Morgan fingerprint density at radius 3 is 2.62 bits per heavy atom. The van der Waals surface area contributed by atoms with Crippen molar-refractivity contribution in [1.82, 2.24) is 10.4 Å². The lowest BCUT2D eigenvalue weighted by molar-refractivity contribution is 0.157. The van der Waals surface area contributed by atoms with Crippen LogP contribution in [-0.2, 0) is 4.74 Å². The molecular formula is C14H11F2N3O2. The van der Waals surface area contributed by atoms with Crippen molar-refractivity contribution in [2.45, 2.75) is 0 Å². The molecule has 3 rings (SSSR count).